The van der Waals surface area contributed by atoms with Crippen LogP contribution < -0.4 is 5.32 Å². The van der Waals surface area contributed by atoms with Crippen molar-refractivity contribution in [2.75, 3.05) is 5.32 Å². The first-order valence-corrected chi connectivity index (χ1v) is 6.37. The summed E-state index contributed by atoms with van der Waals surface area (Å²) in [5.41, 5.74) is -0.0612. The lowest BCUT2D eigenvalue weighted by atomic mass is 10.2. The van der Waals surface area contributed by atoms with Gasteiger partial charge in [-0.1, -0.05) is 0 Å². The van der Waals surface area contributed by atoms with E-state index in [1.54, 1.807) is 46.1 Å². The molecule has 2 aromatic heterocycles. The number of nitrogens with one attached hydrogen (secondary N) is 1. The number of aryl methyl sites for hydroxylation is 1. The van der Waals surface area contributed by atoms with E-state index in [-0.39, 0.29) is 11.4 Å². The number of carbonyl (C=O) groups excluding carboxylic acids is 1. The summed E-state index contributed by atoms with van der Waals surface area (Å²) in [4.78, 5) is 27.5. The minimum Gasteiger partial charge on any atom is -0.477 e. The summed E-state index contributed by atoms with van der Waals surface area (Å²) in [7, 11) is 1.58. The number of aromatic nitrogens is 2. The molecule has 0 unspecified atom stereocenters. The van der Waals surface area contributed by atoms with Crippen molar-refractivity contribution in [3.8, 4) is 0 Å². The van der Waals surface area contributed by atoms with Crippen LogP contribution in [-0.2, 0) is 11.8 Å². The maximum Gasteiger partial charge on any atom is 0.412 e. The van der Waals surface area contributed by atoms with Crippen molar-refractivity contribution in [1.29, 1.82) is 0 Å². The van der Waals surface area contributed by atoms with E-state index in [1.807, 2.05) is 0 Å². The number of carboxylic acids is 1. The van der Waals surface area contributed by atoms with Crippen LogP contribution in [0.15, 0.2) is 18.3 Å². The van der Waals surface area contributed by atoms with Crippen molar-refractivity contribution in [3.05, 3.63) is 24.0 Å². The van der Waals surface area contributed by atoms with Crippen LogP contribution in [0.5, 0.6) is 0 Å². The minimum atomic E-state index is -1.15. The molecule has 1 amide bonds. The normalized spacial score (nSPS) is 11.4. The van der Waals surface area contributed by atoms with Crippen LogP contribution in [0.3, 0.4) is 0 Å². The summed E-state index contributed by atoms with van der Waals surface area (Å²) in [5.74, 6) is -1.15. The summed E-state index contributed by atoms with van der Waals surface area (Å²) >= 11 is 0. The molecule has 0 bridgehead atoms. The Kier molecular flexibility index (Phi) is 3.59. The van der Waals surface area contributed by atoms with E-state index in [4.69, 9.17) is 4.74 Å². The van der Waals surface area contributed by atoms with Crippen molar-refractivity contribution in [2.24, 2.45) is 7.05 Å². The highest BCUT2D eigenvalue weighted by Crippen LogP contribution is 2.29. The third-order valence-electron chi connectivity index (χ3n) is 2.77. The maximum absolute atomic E-state index is 11.9. The van der Waals surface area contributed by atoms with Crippen LogP contribution in [0, 0.1) is 0 Å². The average molecular weight is 291 g/mol. The number of carbonyl (C=O) groups is 2. The Morgan fingerprint density at radius 1 is 1.38 bits per heavy atom. The number of ether oxygens (including phenoxy) is 1. The predicted octanol–water partition coefficient (Wildman–Crippen LogP) is 2.62. The molecule has 0 atom stereocenters. The number of hydrogen-bond acceptors (Lipinski definition) is 4. The summed E-state index contributed by atoms with van der Waals surface area (Å²) < 4.78 is 6.58. The van der Waals surface area contributed by atoms with Crippen LogP contribution in [0.4, 0.5) is 10.5 Å². The summed E-state index contributed by atoms with van der Waals surface area (Å²) in [6.45, 7) is 5.19. The third kappa shape index (κ3) is 2.96. The molecule has 0 aromatic carbocycles. The van der Waals surface area contributed by atoms with Crippen LogP contribution >= 0.6 is 0 Å². The van der Waals surface area contributed by atoms with Gasteiger partial charge in [-0.3, -0.25) is 5.32 Å². The number of hydrogen-bond donors (Lipinski definition) is 2. The molecule has 0 saturated carbocycles. The van der Waals surface area contributed by atoms with Crippen LogP contribution in [0.2, 0.25) is 0 Å². The lowest BCUT2D eigenvalue weighted by molar-refractivity contribution is 0.0636. The Balaban J connectivity index is 2.50. The summed E-state index contributed by atoms with van der Waals surface area (Å²) in [5, 5.41) is 12.4. The number of nitrogens with zero attached hydrogens (tertiary/aromatic N) is 2. The first-order chi connectivity index (χ1) is 9.70. The van der Waals surface area contributed by atoms with Gasteiger partial charge in [-0.25, -0.2) is 14.6 Å². The molecular formula is C14H17N3O4. The number of aromatic carboxylic acids is 1. The molecule has 0 aliphatic carbocycles. The first-order valence-electron chi connectivity index (χ1n) is 6.37. The van der Waals surface area contributed by atoms with E-state index in [9.17, 15) is 14.7 Å². The number of anilines is 1. The van der Waals surface area contributed by atoms with Crippen LogP contribution in [0.25, 0.3) is 11.0 Å². The van der Waals surface area contributed by atoms with Gasteiger partial charge in [-0.15, -0.1) is 0 Å². The Bertz CT molecular complexity index is 713. The molecule has 0 aliphatic heterocycles. The zero-order valence-electron chi connectivity index (χ0n) is 12.3. The first kappa shape index (κ1) is 14.8. The number of rotatable bonds is 2. The largest absolute Gasteiger partial charge is 0.477 e. The minimum absolute atomic E-state index is 0.0467. The third-order valence-corrected chi connectivity index (χ3v) is 2.77. The van der Waals surface area contributed by atoms with Crippen molar-refractivity contribution in [2.45, 2.75) is 26.4 Å². The number of pyridine rings is 1. The van der Waals surface area contributed by atoms with Gasteiger partial charge in [0, 0.05) is 18.6 Å². The fourth-order valence-electron chi connectivity index (χ4n) is 2.04. The fraction of sp³-hybridized carbons (Fsp3) is 0.357. The molecule has 0 saturated heterocycles. The van der Waals surface area contributed by atoms with E-state index >= 15 is 0 Å². The predicted molar refractivity (Wildman–Crippen MR) is 77.5 cm³/mol. The second-order valence-corrected chi connectivity index (χ2v) is 5.59. The van der Waals surface area contributed by atoms with Gasteiger partial charge >= 0.3 is 12.1 Å². The molecular weight excluding hydrogens is 274 g/mol. The number of fused-ring (bicyclic) bond motifs is 1. The molecule has 112 valence electrons. The molecule has 7 heteroatoms. The molecule has 0 radical (unpaired) electrons. The van der Waals surface area contributed by atoms with Crippen molar-refractivity contribution in [3.63, 3.8) is 0 Å². The lowest BCUT2D eigenvalue weighted by Crippen LogP contribution is -2.27. The van der Waals surface area contributed by atoms with Crippen LogP contribution in [0.1, 0.15) is 31.3 Å². The van der Waals surface area contributed by atoms with Gasteiger partial charge < -0.3 is 14.4 Å². The Morgan fingerprint density at radius 3 is 2.62 bits per heavy atom. The van der Waals surface area contributed by atoms with E-state index in [1.165, 1.54) is 4.57 Å². The molecule has 2 N–H and O–H groups in total. The molecule has 0 aliphatic rings. The molecule has 0 fully saturated rings. The molecule has 21 heavy (non-hydrogen) atoms. The van der Waals surface area contributed by atoms with Gasteiger partial charge in [-0.05, 0) is 32.9 Å². The summed E-state index contributed by atoms with van der Waals surface area (Å²) in [6, 6.07) is 3.37. The second-order valence-electron chi connectivity index (χ2n) is 5.59. The van der Waals surface area contributed by atoms with E-state index in [0.717, 1.165) is 0 Å². The highest BCUT2D eigenvalue weighted by atomic mass is 16.6. The number of carboxylic acid groups (broad SMARTS) is 1. The average Bonchev–Trinajstić information content (AvgIpc) is 2.61. The zero-order valence-corrected chi connectivity index (χ0v) is 12.3. The standard InChI is InChI=1S/C14H17N3O4/c1-14(2,3)21-13(20)16-9-8-6-5-7-15-11(8)17(4)10(9)12(18)19/h5-7H,1-4H3,(H,16,20)(H,18,19). The van der Waals surface area contributed by atoms with E-state index in [2.05, 4.69) is 10.3 Å². The second kappa shape index (κ2) is 5.08. The summed E-state index contributed by atoms with van der Waals surface area (Å²) in [6.07, 6.45) is 0.854. The Morgan fingerprint density at radius 2 is 2.05 bits per heavy atom. The van der Waals surface area contributed by atoms with Crippen LogP contribution in [-0.4, -0.2) is 32.3 Å². The van der Waals surface area contributed by atoms with Gasteiger partial charge in [0.15, 0.2) is 5.69 Å². The number of amides is 1. The molecule has 7 nitrogen and oxygen atoms in total. The lowest BCUT2D eigenvalue weighted by Gasteiger charge is -2.19. The van der Waals surface area contributed by atoms with Crippen molar-refractivity contribution >= 4 is 28.8 Å². The van der Waals surface area contributed by atoms with E-state index in [0.29, 0.717) is 11.0 Å². The van der Waals surface area contributed by atoms with Gasteiger partial charge in [0.05, 0.1) is 5.69 Å². The maximum atomic E-state index is 11.9. The van der Waals surface area contributed by atoms with Gasteiger partial charge in [0.2, 0.25) is 0 Å². The molecule has 0 spiro atoms. The highest BCUT2D eigenvalue weighted by Gasteiger charge is 2.24. The highest BCUT2D eigenvalue weighted by molar-refractivity contribution is 6.09. The van der Waals surface area contributed by atoms with Crippen molar-refractivity contribution < 1.29 is 19.4 Å². The fourth-order valence-corrected chi connectivity index (χ4v) is 2.04. The quantitative estimate of drug-likeness (QED) is 0.887. The van der Waals surface area contributed by atoms with Crippen molar-refractivity contribution in [1.82, 2.24) is 9.55 Å². The van der Waals surface area contributed by atoms with Gasteiger partial charge in [0.1, 0.15) is 11.2 Å². The Hall–Kier alpha value is -2.57. The van der Waals surface area contributed by atoms with Gasteiger partial charge in [-0.2, -0.15) is 0 Å². The SMILES string of the molecule is Cn1c(C(=O)O)c(NC(=O)OC(C)(C)C)c2cccnc21. The zero-order chi connectivity index (χ0) is 15.8. The molecule has 2 heterocycles. The Labute approximate surface area is 121 Å². The van der Waals surface area contributed by atoms with Gasteiger partial charge in [0.25, 0.3) is 0 Å². The topological polar surface area (TPSA) is 93.5 Å². The molecule has 2 aromatic rings. The van der Waals surface area contributed by atoms with E-state index < -0.39 is 17.7 Å². The smallest absolute Gasteiger partial charge is 0.412 e. The molecule has 2 rings (SSSR count). The monoisotopic (exact) mass is 291 g/mol.